The first-order valence-electron chi connectivity index (χ1n) is 6.44. The lowest BCUT2D eigenvalue weighted by Crippen LogP contribution is -2.36. The van der Waals surface area contributed by atoms with Crippen LogP contribution in [0, 0.1) is 12.3 Å². The van der Waals surface area contributed by atoms with Crippen molar-refractivity contribution < 1.29 is 0 Å². The van der Waals surface area contributed by atoms with Crippen LogP contribution in [-0.2, 0) is 6.54 Å². The molecule has 1 N–H and O–H groups in total. The van der Waals surface area contributed by atoms with E-state index in [4.69, 9.17) is 0 Å². The average Bonchev–Trinajstić information content (AvgIpc) is 2.54. The Hall–Kier alpha value is 0.140. The van der Waals surface area contributed by atoms with Crippen LogP contribution in [0.4, 0.5) is 0 Å². The molecular weight excluding hydrogens is 294 g/mol. The summed E-state index contributed by atoms with van der Waals surface area (Å²) in [6.45, 7) is 7.99. The number of hydrogen-bond donors (Lipinski definition) is 1. The van der Waals surface area contributed by atoms with Gasteiger partial charge in [-0.15, -0.1) is 11.3 Å². The van der Waals surface area contributed by atoms with Crippen LogP contribution in [0.2, 0.25) is 0 Å². The Bertz CT molecular complexity index is 364. The summed E-state index contributed by atoms with van der Waals surface area (Å²) in [4.78, 5) is 2.82. The summed E-state index contributed by atoms with van der Waals surface area (Å²) in [6, 6.07) is 2.96. The van der Waals surface area contributed by atoms with Crippen molar-refractivity contribution in [1.82, 2.24) is 5.32 Å². The molecule has 1 heterocycles. The van der Waals surface area contributed by atoms with Crippen molar-refractivity contribution in [3.63, 3.8) is 0 Å². The quantitative estimate of drug-likeness (QED) is 0.838. The second kappa shape index (κ2) is 5.41. The summed E-state index contributed by atoms with van der Waals surface area (Å²) in [6.07, 6.45) is 5.42. The smallest absolute Gasteiger partial charge is 0.0314 e. The summed E-state index contributed by atoms with van der Waals surface area (Å²) in [5.41, 5.74) is 0.530. The third-order valence-electron chi connectivity index (χ3n) is 3.68. The third kappa shape index (κ3) is 3.80. The molecule has 0 aromatic carbocycles. The van der Waals surface area contributed by atoms with Gasteiger partial charge in [0.2, 0.25) is 0 Å². The molecule has 1 fully saturated rings. The van der Waals surface area contributed by atoms with Gasteiger partial charge in [0.1, 0.15) is 0 Å². The predicted molar refractivity (Wildman–Crippen MR) is 79.6 cm³/mol. The van der Waals surface area contributed by atoms with Crippen molar-refractivity contribution in [2.75, 3.05) is 0 Å². The lowest BCUT2D eigenvalue weighted by molar-refractivity contribution is 0.198. The van der Waals surface area contributed by atoms with Crippen molar-refractivity contribution in [2.45, 2.75) is 59.0 Å². The monoisotopic (exact) mass is 315 g/mol. The maximum atomic E-state index is 3.72. The van der Waals surface area contributed by atoms with Gasteiger partial charge < -0.3 is 5.32 Å². The van der Waals surface area contributed by atoms with Gasteiger partial charge in [-0.1, -0.05) is 20.3 Å². The summed E-state index contributed by atoms with van der Waals surface area (Å²) in [5, 5.41) is 3.72. The minimum atomic E-state index is 0.530. The first-order chi connectivity index (χ1) is 7.96. The van der Waals surface area contributed by atoms with Gasteiger partial charge in [-0.05, 0) is 53.6 Å². The normalized spacial score (nSPS) is 23.9. The molecule has 1 aliphatic rings. The first-order valence-corrected chi connectivity index (χ1v) is 8.05. The van der Waals surface area contributed by atoms with Crippen molar-refractivity contribution in [2.24, 2.45) is 5.41 Å². The molecular formula is C14H22BrNS. The van der Waals surface area contributed by atoms with E-state index < -0.39 is 0 Å². The second-order valence-electron chi connectivity index (χ2n) is 5.96. The molecule has 1 nitrogen and oxygen atoms in total. The lowest BCUT2D eigenvalue weighted by atomic mass is 9.75. The average molecular weight is 316 g/mol. The maximum absolute atomic E-state index is 3.72. The summed E-state index contributed by atoms with van der Waals surface area (Å²) in [5.74, 6) is 0. The Kier molecular flexibility index (Phi) is 4.32. The van der Waals surface area contributed by atoms with Crippen LogP contribution in [0.1, 0.15) is 49.3 Å². The third-order valence-corrected chi connectivity index (χ3v) is 5.81. The van der Waals surface area contributed by atoms with Gasteiger partial charge in [0.05, 0.1) is 0 Å². The fourth-order valence-electron chi connectivity index (χ4n) is 2.72. The van der Waals surface area contributed by atoms with E-state index in [1.807, 2.05) is 11.3 Å². The molecule has 1 saturated carbocycles. The van der Waals surface area contributed by atoms with E-state index in [1.54, 1.807) is 0 Å². The Morgan fingerprint density at radius 2 is 2.29 bits per heavy atom. The van der Waals surface area contributed by atoms with Crippen molar-refractivity contribution in [1.29, 1.82) is 0 Å². The van der Waals surface area contributed by atoms with Crippen LogP contribution in [-0.4, -0.2) is 6.04 Å². The number of aryl methyl sites for hydroxylation is 1. The number of hydrogen-bond acceptors (Lipinski definition) is 2. The zero-order valence-corrected chi connectivity index (χ0v) is 13.4. The topological polar surface area (TPSA) is 12.0 Å². The molecule has 0 amide bonds. The van der Waals surface area contributed by atoms with E-state index in [1.165, 1.54) is 39.9 Å². The lowest BCUT2D eigenvalue weighted by Gasteiger charge is -2.35. The van der Waals surface area contributed by atoms with Gasteiger partial charge in [-0.2, -0.15) is 0 Å². The number of thiophene rings is 1. The van der Waals surface area contributed by atoms with Gasteiger partial charge in [0.15, 0.2) is 0 Å². The molecule has 0 bridgehead atoms. The predicted octanol–water partition coefficient (Wildman–Crippen LogP) is 4.88. The molecule has 0 radical (unpaired) electrons. The molecule has 1 aliphatic carbocycles. The van der Waals surface area contributed by atoms with Crippen LogP contribution in [0.15, 0.2) is 10.5 Å². The molecule has 96 valence electrons. The Morgan fingerprint density at radius 3 is 2.88 bits per heavy atom. The minimum absolute atomic E-state index is 0.530. The van der Waals surface area contributed by atoms with Crippen LogP contribution in [0.3, 0.4) is 0 Å². The van der Waals surface area contributed by atoms with E-state index in [9.17, 15) is 0 Å². The fraction of sp³-hybridized carbons (Fsp3) is 0.714. The van der Waals surface area contributed by atoms with Crippen molar-refractivity contribution in [3.8, 4) is 0 Å². The summed E-state index contributed by atoms with van der Waals surface area (Å²) < 4.78 is 1.25. The maximum Gasteiger partial charge on any atom is 0.0314 e. The highest BCUT2D eigenvalue weighted by Crippen LogP contribution is 2.35. The Morgan fingerprint density at radius 1 is 1.53 bits per heavy atom. The Labute approximate surface area is 117 Å². The second-order valence-corrected chi connectivity index (χ2v) is 8.15. The number of halogens is 1. The number of nitrogens with one attached hydrogen (secondary N) is 1. The van der Waals surface area contributed by atoms with E-state index in [2.05, 4.69) is 48.1 Å². The van der Waals surface area contributed by atoms with Crippen LogP contribution >= 0.6 is 27.3 Å². The number of rotatable bonds is 3. The first kappa shape index (κ1) is 13.6. The molecule has 2 rings (SSSR count). The molecule has 0 spiro atoms. The van der Waals surface area contributed by atoms with Gasteiger partial charge in [-0.25, -0.2) is 0 Å². The van der Waals surface area contributed by atoms with Crippen molar-refractivity contribution in [3.05, 3.63) is 20.3 Å². The van der Waals surface area contributed by atoms with Gasteiger partial charge in [0, 0.05) is 26.8 Å². The van der Waals surface area contributed by atoms with Crippen LogP contribution in [0.25, 0.3) is 0 Å². The zero-order chi connectivity index (χ0) is 12.5. The molecule has 3 heteroatoms. The fourth-order valence-corrected chi connectivity index (χ4v) is 4.27. The zero-order valence-electron chi connectivity index (χ0n) is 11.0. The highest BCUT2D eigenvalue weighted by Gasteiger charge is 2.27. The summed E-state index contributed by atoms with van der Waals surface area (Å²) in [7, 11) is 0. The van der Waals surface area contributed by atoms with Gasteiger partial charge in [0.25, 0.3) is 0 Å². The highest BCUT2D eigenvalue weighted by molar-refractivity contribution is 9.10. The molecule has 0 saturated heterocycles. The van der Waals surface area contributed by atoms with E-state index in [0.29, 0.717) is 11.5 Å². The van der Waals surface area contributed by atoms with E-state index in [-0.39, 0.29) is 0 Å². The molecule has 1 aromatic heterocycles. The van der Waals surface area contributed by atoms with Crippen LogP contribution < -0.4 is 5.32 Å². The SMILES string of the molecule is Cc1sc(CNC2CCCC(C)(C)C2)cc1Br. The molecule has 0 aliphatic heterocycles. The molecule has 17 heavy (non-hydrogen) atoms. The largest absolute Gasteiger partial charge is 0.309 e. The summed E-state index contributed by atoms with van der Waals surface area (Å²) >= 11 is 5.48. The highest BCUT2D eigenvalue weighted by atomic mass is 79.9. The Balaban J connectivity index is 1.86. The van der Waals surface area contributed by atoms with Crippen LogP contribution in [0.5, 0.6) is 0 Å². The minimum Gasteiger partial charge on any atom is -0.309 e. The van der Waals surface area contributed by atoms with E-state index >= 15 is 0 Å². The molecule has 1 aromatic rings. The standard InChI is InChI=1S/C14H22BrNS/c1-10-13(15)7-12(17-10)9-16-11-5-4-6-14(2,3)8-11/h7,11,16H,4-6,8-9H2,1-3H3. The molecule has 1 unspecified atom stereocenters. The van der Waals surface area contributed by atoms with Gasteiger partial charge in [-0.3, -0.25) is 0 Å². The van der Waals surface area contributed by atoms with Gasteiger partial charge >= 0.3 is 0 Å². The van der Waals surface area contributed by atoms with Crippen molar-refractivity contribution >= 4 is 27.3 Å². The molecule has 1 atom stereocenters. The van der Waals surface area contributed by atoms with E-state index in [0.717, 1.165) is 6.54 Å².